The minimum absolute atomic E-state index is 0.171. The van der Waals surface area contributed by atoms with Crippen LogP contribution in [0.15, 0.2) is 60.7 Å². The summed E-state index contributed by atoms with van der Waals surface area (Å²) < 4.78 is 11.3. The van der Waals surface area contributed by atoms with E-state index >= 15 is 0 Å². The highest BCUT2D eigenvalue weighted by molar-refractivity contribution is 6.02. The van der Waals surface area contributed by atoms with Crippen molar-refractivity contribution in [3.8, 4) is 5.75 Å². The Morgan fingerprint density at radius 3 is 2.88 bits per heavy atom. The fraction of sp³-hybridized carbons (Fsp3) is 0.250. The fourth-order valence-electron chi connectivity index (χ4n) is 2.55. The molecule has 1 fully saturated rings. The number of hydrogen-bond donors (Lipinski definition) is 1. The van der Waals surface area contributed by atoms with Gasteiger partial charge in [-0.05, 0) is 36.6 Å². The predicted octanol–water partition coefficient (Wildman–Crippen LogP) is 3.90. The van der Waals surface area contributed by atoms with Crippen LogP contribution in [0.5, 0.6) is 5.75 Å². The highest BCUT2D eigenvalue weighted by atomic mass is 16.5. The van der Waals surface area contributed by atoms with Gasteiger partial charge in [0, 0.05) is 24.4 Å². The van der Waals surface area contributed by atoms with Crippen molar-refractivity contribution >= 4 is 17.7 Å². The highest BCUT2D eigenvalue weighted by Crippen LogP contribution is 2.19. The Hall–Kier alpha value is -2.59. The van der Waals surface area contributed by atoms with Crippen molar-refractivity contribution in [3.05, 3.63) is 66.2 Å². The number of anilines is 1. The summed E-state index contributed by atoms with van der Waals surface area (Å²) in [4.78, 5) is 12.0. The maximum Gasteiger partial charge on any atom is 0.248 e. The van der Waals surface area contributed by atoms with Crippen LogP contribution in [-0.2, 0) is 9.53 Å². The molecule has 1 N–H and O–H groups in total. The summed E-state index contributed by atoms with van der Waals surface area (Å²) in [7, 11) is 0. The number of nitrogens with one attached hydrogen (secondary N) is 1. The van der Waals surface area contributed by atoms with E-state index in [2.05, 4.69) is 5.32 Å². The summed E-state index contributed by atoms with van der Waals surface area (Å²) in [6.07, 6.45) is 5.62. The van der Waals surface area contributed by atoms with Crippen LogP contribution in [0.4, 0.5) is 5.69 Å². The number of carbonyl (C=O) groups is 1. The second-order valence-electron chi connectivity index (χ2n) is 5.71. The smallest absolute Gasteiger partial charge is 0.248 e. The Morgan fingerprint density at radius 1 is 1.21 bits per heavy atom. The zero-order valence-electron chi connectivity index (χ0n) is 13.5. The third-order valence-corrected chi connectivity index (χ3v) is 3.79. The van der Waals surface area contributed by atoms with E-state index in [9.17, 15) is 4.79 Å². The molecule has 24 heavy (non-hydrogen) atoms. The SMILES string of the molecule is O=C(C=Cc1ccccc1)Nc1cccc(OCC2CCCO2)c1. The van der Waals surface area contributed by atoms with Crippen LogP contribution in [0.3, 0.4) is 0 Å². The average molecular weight is 323 g/mol. The molecule has 0 aliphatic carbocycles. The number of hydrogen-bond acceptors (Lipinski definition) is 3. The standard InChI is InChI=1S/C20H21NO3/c22-20(12-11-16-6-2-1-3-7-16)21-17-8-4-9-18(14-17)24-15-19-10-5-13-23-19/h1-4,6-9,11-12,14,19H,5,10,13,15H2,(H,21,22). The minimum atomic E-state index is -0.171. The van der Waals surface area contributed by atoms with Crippen molar-refractivity contribution in [2.75, 3.05) is 18.5 Å². The van der Waals surface area contributed by atoms with Crippen LogP contribution in [-0.4, -0.2) is 25.2 Å². The van der Waals surface area contributed by atoms with Gasteiger partial charge < -0.3 is 14.8 Å². The molecule has 1 heterocycles. The van der Waals surface area contributed by atoms with Crippen molar-refractivity contribution in [1.82, 2.24) is 0 Å². The van der Waals surface area contributed by atoms with E-state index in [1.807, 2.05) is 54.6 Å². The highest BCUT2D eigenvalue weighted by Gasteiger charge is 2.15. The van der Waals surface area contributed by atoms with Gasteiger partial charge in [0.15, 0.2) is 0 Å². The molecule has 4 nitrogen and oxygen atoms in total. The molecule has 1 aliphatic rings. The van der Waals surface area contributed by atoms with Crippen LogP contribution in [0.25, 0.3) is 6.08 Å². The zero-order valence-corrected chi connectivity index (χ0v) is 13.5. The topological polar surface area (TPSA) is 47.6 Å². The maximum absolute atomic E-state index is 12.0. The van der Waals surface area contributed by atoms with E-state index in [0.717, 1.165) is 30.8 Å². The van der Waals surface area contributed by atoms with Crippen molar-refractivity contribution in [3.63, 3.8) is 0 Å². The molecular formula is C20H21NO3. The molecule has 0 saturated carbocycles. The number of benzene rings is 2. The second-order valence-corrected chi connectivity index (χ2v) is 5.71. The normalized spacial score (nSPS) is 17.1. The summed E-state index contributed by atoms with van der Waals surface area (Å²) in [6, 6.07) is 17.1. The van der Waals surface area contributed by atoms with Crippen molar-refractivity contribution in [1.29, 1.82) is 0 Å². The lowest BCUT2D eigenvalue weighted by Gasteiger charge is -2.12. The first-order valence-electron chi connectivity index (χ1n) is 8.18. The van der Waals surface area contributed by atoms with E-state index < -0.39 is 0 Å². The summed E-state index contributed by atoms with van der Waals surface area (Å²) in [5.74, 6) is 0.561. The first kappa shape index (κ1) is 16.3. The number of rotatable bonds is 6. The molecule has 1 saturated heterocycles. The van der Waals surface area contributed by atoms with Crippen molar-refractivity contribution in [2.45, 2.75) is 18.9 Å². The molecule has 2 aromatic carbocycles. The van der Waals surface area contributed by atoms with Gasteiger partial charge in [-0.3, -0.25) is 4.79 Å². The molecule has 3 rings (SSSR count). The first-order valence-corrected chi connectivity index (χ1v) is 8.18. The average Bonchev–Trinajstić information content (AvgIpc) is 3.13. The summed E-state index contributed by atoms with van der Waals surface area (Å²) in [5, 5.41) is 2.84. The second kappa shape index (κ2) is 8.31. The summed E-state index contributed by atoms with van der Waals surface area (Å²) >= 11 is 0. The molecule has 1 aliphatic heterocycles. The molecule has 0 radical (unpaired) electrons. The third-order valence-electron chi connectivity index (χ3n) is 3.79. The van der Waals surface area contributed by atoms with Gasteiger partial charge in [-0.1, -0.05) is 36.4 Å². The van der Waals surface area contributed by atoms with Crippen molar-refractivity contribution in [2.24, 2.45) is 0 Å². The van der Waals surface area contributed by atoms with E-state index in [1.54, 1.807) is 6.08 Å². The largest absolute Gasteiger partial charge is 0.491 e. The Labute approximate surface area is 142 Å². The van der Waals surface area contributed by atoms with Gasteiger partial charge >= 0.3 is 0 Å². The van der Waals surface area contributed by atoms with E-state index in [1.165, 1.54) is 6.08 Å². The van der Waals surface area contributed by atoms with Crippen LogP contribution in [0.1, 0.15) is 18.4 Å². The lowest BCUT2D eigenvalue weighted by molar-refractivity contribution is -0.111. The van der Waals surface area contributed by atoms with Crippen molar-refractivity contribution < 1.29 is 14.3 Å². The number of carbonyl (C=O) groups excluding carboxylic acids is 1. The van der Waals surface area contributed by atoms with E-state index in [4.69, 9.17) is 9.47 Å². The van der Waals surface area contributed by atoms with E-state index in [0.29, 0.717) is 12.3 Å². The zero-order chi connectivity index (χ0) is 16.6. The third kappa shape index (κ3) is 4.96. The van der Waals surface area contributed by atoms with Gasteiger partial charge in [-0.25, -0.2) is 0 Å². The molecule has 0 spiro atoms. The first-order chi connectivity index (χ1) is 11.8. The predicted molar refractivity (Wildman–Crippen MR) is 95.0 cm³/mol. The summed E-state index contributed by atoms with van der Waals surface area (Å²) in [6.45, 7) is 1.36. The Bertz CT molecular complexity index is 691. The van der Waals surface area contributed by atoms with Gasteiger partial charge in [-0.2, -0.15) is 0 Å². The van der Waals surface area contributed by atoms with Crippen LogP contribution in [0, 0.1) is 0 Å². The molecular weight excluding hydrogens is 302 g/mol. The Morgan fingerprint density at radius 2 is 2.08 bits per heavy atom. The monoisotopic (exact) mass is 323 g/mol. The molecule has 1 atom stereocenters. The number of ether oxygens (including phenoxy) is 2. The maximum atomic E-state index is 12.0. The van der Waals surface area contributed by atoms with E-state index in [-0.39, 0.29) is 12.0 Å². The molecule has 0 aromatic heterocycles. The van der Waals surface area contributed by atoms with Gasteiger partial charge in [0.25, 0.3) is 0 Å². The molecule has 124 valence electrons. The van der Waals surface area contributed by atoms with Crippen LogP contribution >= 0.6 is 0 Å². The van der Waals surface area contributed by atoms with Gasteiger partial charge in [0.1, 0.15) is 12.4 Å². The van der Waals surface area contributed by atoms with Gasteiger partial charge in [0.2, 0.25) is 5.91 Å². The number of amides is 1. The fourth-order valence-corrected chi connectivity index (χ4v) is 2.55. The van der Waals surface area contributed by atoms with Crippen LogP contribution in [0.2, 0.25) is 0 Å². The van der Waals surface area contributed by atoms with Crippen LogP contribution < -0.4 is 10.1 Å². The summed E-state index contributed by atoms with van der Waals surface area (Å²) in [5.41, 5.74) is 1.70. The van der Waals surface area contributed by atoms with Gasteiger partial charge in [-0.15, -0.1) is 0 Å². The molecule has 1 unspecified atom stereocenters. The lowest BCUT2D eigenvalue weighted by atomic mass is 10.2. The molecule has 2 aromatic rings. The van der Waals surface area contributed by atoms with Gasteiger partial charge in [0.05, 0.1) is 6.10 Å². The minimum Gasteiger partial charge on any atom is -0.491 e. The quantitative estimate of drug-likeness (QED) is 0.820. The molecule has 4 heteroatoms. The molecule has 0 bridgehead atoms. The Kier molecular flexibility index (Phi) is 5.64. The molecule has 1 amide bonds. The Balaban J connectivity index is 1.53. The lowest BCUT2D eigenvalue weighted by Crippen LogP contribution is -2.16.